The number of sulfonamides is 1. The Morgan fingerprint density at radius 1 is 0.970 bits per heavy atom. The number of hydrogen-bond acceptors (Lipinski definition) is 5. The monoisotopic (exact) mass is 464 g/mol. The molecule has 0 bridgehead atoms. The molecule has 0 heterocycles. The van der Waals surface area contributed by atoms with Crippen LogP contribution in [0.15, 0.2) is 88.9 Å². The van der Waals surface area contributed by atoms with E-state index in [4.69, 9.17) is 0 Å². The molecule has 0 radical (unpaired) electrons. The maximum atomic E-state index is 12.9. The number of carbonyl (C=O) groups excluding carboxylic acids is 1. The lowest BCUT2D eigenvalue weighted by Crippen LogP contribution is -2.32. The fourth-order valence-electron chi connectivity index (χ4n) is 3.15. The van der Waals surface area contributed by atoms with E-state index >= 15 is 0 Å². The van der Waals surface area contributed by atoms with Gasteiger partial charge in [0.15, 0.2) is 0 Å². The van der Waals surface area contributed by atoms with Crippen molar-refractivity contribution in [3.8, 4) is 0 Å². The van der Waals surface area contributed by atoms with Crippen molar-refractivity contribution in [1.82, 2.24) is 10.1 Å². The molecule has 0 fully saturated rings. The maximum absolute atomic E-state index is 12.9. The van der Waals surface area contributed by atoms with E-state index in [1.165, 1.54) is 0 Å². The molecule has 8 heteroatoms. The van der Waals surface area contributed by atoms with Crippen LogP contribution in [0, 0.1) is 6.92 Å². The van der Waals surface area contributed by atoms with Crippen molar-refractivity contribution >= 4 is 27.8 Å². The zero-order chi connectivity index (χ0) is 23.8. The summed E-state index contributed by atoms with van der Waals surface area (Å²) in [5, 5.41) is 4.01. The molecule has 0 unspecified atom stereocenters. The summed E-state index contributed by atoms with van der Waals surface area (Å²) in [7, 11) is 0.0987. The van der Waals surface area contributed by atoms with Crippen LogP contribution < -0.4 is 15.0 Å². The summed E-state index contributed by atoms with van der Waals surface area (Å²) in [6.45, 7) is 1.89. The van der Waals surface area contributed by atoms with Crippen LogP contribution in [0.3, 0.4) is 0 Å². The number of amides is 1. The number of aryl methyl sites for hydroxylation is 1. The lowest BCUT2D eigenvalue weighted by atomic mass is 10.0. The van der Waals surface area contributed by atoms with Crippen LogP contribution in [0.2, 0.25) is 0 Å². The largest absolute Gasteiger partial charge is 0.378 e. The summed E-state index contributed by atoms with van der Waals surface area (Å²) in [6, 6.07) is 22.5. The highest BCUT2D eigenvalue weighted by Gasteiger charge is 2.23. The molecule has 33 heavy (non-hydrogen) atoms. The highest BCUT2D eigenvalue weighted by Crippen LogP contribution is 2.21. The van der Waals surface area contributed by atoms with Crippen molar-refractivity contribution in [2.24, 2.45) is 5.10 Å². The number of carbonyl (C=O) groups is 1. The minimum atomic E-state index is -3.82. The van der Waals surface area contributed by atoms with Crippen LogP contribution in [0.1, 0.15) is 29.2 Å². The predicted octanol–water partition coefficient (Wildman–Crippen LogP) is 3.62. The van der Waals surface area contributed by atoms with Crippen LogP contribution in [0.4, 0.5) is 5.69 Å². The van der Waals surface area contributed by atoms with E-state index in [9.17, 15) is 13.2 Å². The van der Waals surface area contributed by atoms with Crippen LogP contribution in [-0.4, -0.2) is 34.6 Å². The Hall–Kier alpha value is -3.49. The molecule has 3 rings (SSSR count). The van der Waals surface area contributed by atoms with Crippen LogP contribution in [-0.2, 0) is 14.8 Å². The van der Waals surface area contributed by atoms with E-state index in [0.717, 1.165) is 16.8 Å². The van der Waals surface area contributed by atoms with Gasteiger partial charge in [-0.2, -0.15) is 5.10 Å². The van der Waals surface area contributed by atoms with E-state index in [2.05, 4.69) is 15.2 Å². The molecule has 0 aliphatic heterocycles. The summed E-state index contributed by atoms with van der Waals surface area (Å²) < 4.78 is 28.5. The van der Waals surface area contributed by atoms with Gasteiger partial charge >= 0.3 is 0 Å². The highest BCUT2D eigenvalue weighted by atomic mass is 32.2. The Balaban J connectivity index is 1.70. The number of nitrogens with zero attached hydrogens (tertiary/aromatic N) is 2. The third kappa shape index (κ3) is 7.00. The Kier molecular flexibility index (Phi) is 7.97. The summed E-state index contributed by atoms with van der Waals surface area (Å²) >= 11 is 0. The predicted molar refractivity (Wildman–Crippen MR) is 132 cm³/mol. The second-order valence-electron chi connectivity index (χ2n) is 7.88. The Labute approximate surface area is 195 Å². The van der Waals surface area contributed by atoms with Crippen LogP contribution in [0.5, 0.6) is 0 Å². The molecule has 0 aliphatic rings. The van der Waals surface area contributed by atoms with Gasteiger partial charge in [-0.25, -0.2) is 18.6 Å². The molecule has 3 aromatic carbocycles. The summed E-state index contributed by atoms with van der Waals surface area (Å²) in [5.41, 5.74) is 6.03. The molecule has 0 aliphatic carbocycles. The molecule has 0 spiro atoms. The number of rotatable bonds is 9. The van der Waals surface area contributed by atoms with Crippen molar-refractivity contribution in [1.29, 1.82) is 0 Å². The number of anilines is 1. The van der Waals surface area contributed by atoms with Gasteiger partial charge in [-0.15, -0.1) is 0 Å². The van der Waals surface area contributed by atoms with Crippen molar-refractivity contribution in [2.75, 3.05) is 19.0 Å². The topological polar surface area (TPSA) is 90.9 Å². The standard InChI is InChI=1S/C25H28N4O3S/c1-19-9-15-23(16-10-19)33(31,32)28-24(21-7-5-4-6-8-21)17-25(30)27-26-18-20-11-13-22(14-12-20)29(2)3/h4-16,18,24,28H,17H2,1-3H3,(H,27,30)/b26-18-/t24-/m1/s1. The van der Waals surface area contributed by atoms with Crippen molar-refractivity contribution in [3.63, 3.8) is 0 Å². The van der Waals surface area contributed by atoms with Crippen LogP contribution >= 0.6 is 0 Å². The zero-order valence-corrected chi connectivity index (χ0v) is 19.7. The van der Waals surface area contributed by atoms with Gasteiger partial charge in [0.05, 0.1) is 17.2 Å². The second kappa shape index (κ2) is 10.9. The third-order valence-corrected chi connectivity index (χ3v) is 6.52. The first-order valence-corrected chi connectivity index (χ1v) is 12.0. The zero-order valence-electron chi connectivity index (χ0n) is 18.9. The second-order valence-corrected chi connectivity index (χ2v) is 9.59. The molecule has 0 saturated carbocycles. The van der Waals surface area contributed by atoms with Gasteiger partial charge in [0.2, 0.25) is 15.9 Å². The lowest BCUT2D eigenvalue weighted by molar-refractivity contribution is -0.121. The SMILES string of the molecule is Cc1ccc(S(=O)(=O)N[C@H](CC(=O)N/N=C\c2ccc(N(C)C)cc2)c2ccccc2)cc1. The van der Waals surface area contributed by atoms with Gasteiger partial charge in [-0.3, -0.25) is 4.79 Å². The van der Waals surface area contributed by atoms with Gasteiger partial charge in [0.25, 0.3) is 0 Å². The molecule has 2 N–H and O–H groups in total. The Morgan fingerprint density at radius 3 is 2.21 bits per heavy atom. The van der Waals surface area contributed by atoms with Crippen molar-refractivity contribution < 1.29 is 13.2 Å². The van der Waals surface area contributed by atoms with E-state index < -0.39 is 22.0 Å². The molecule has 0 saturated heterocycles. The lowest BCUT2D eigenvalue weighted by Gasteiger charge is -2.18. The minimum Gasteiger partial charge on any atom is -0.378 e. The molecule has 3 aromatic rings. The van der Waals surface area contributed by atoms with E-state index in [-0.39, 0.29) is 11.3 Å². The van der Waals surface area contributed by atoms with Gasteiger partial charge in [0.1, 0.15) is 0 Å². The normalized spacial score (nSPS) is 12.5. The van der Waals surface area contributed by atoms with Crippen molar-refractivity contribution in [3.05, 3.63) is 95.6 Å². The Bertz CT molecular complexity index is 1190. The fourth-order valence-corrected chi connectivity index (χ4v) is 4.38. The van der Waals surface area contributed by atoms with E-state index in [0.29, 0.717) is 5.56 Å². The molecular formula is C25H28N4O3S. The smallest absolute Gasteiger partial charge is 0.242 e. The van der Waals surface area contributed by atoms with Crippen molar-refractivity contribution in [2.45, 2.75) is 24.3 Å². The average molecular weight is 465 g/mol. The summed E-state index contributed by atoms with van der Waals surface area (Å²) in [4.78, 5) is 14.7. The molecule has 0 aromatic heterocycles. The first kappa shape index (κ1) is 24.2. The minimum absolute atomic E-state index is 0.105. The van der Waals surface area contributed by atoms with Gasteiger partial charge in [-0.05, 0) is 42.3 Å². The maximum Gasteiger partial charge on any atom is 0.242 e. The quantitative estimate of drug-likeness (QED) is 0.374. The first-order valence-electron chi connectivity index (χ1n) is 10.5. The summed E-state index contributed by atoms with van der Waals surface area (Å²) in [6.07, 6.45) is 1.44. The van der Waals surface area contributed by atoms with Gasteiger partial charge in [-0.1, -0.05) is 60.2 Å². The number of nitrogens with one attached hydrogen (secondary N) is 2. The Morgan fingerprint density at radius 2 is 1.61 bits per heavy atom. The van der Waals surface area contributed by atoms with E-state index in [1.54, 1.807) is 54.7 Å². The molecule has 7 nitrogen and oxygen atoms in total. The van der Waals surface area contributed by atoms with E-state index in [1.807, 2.05) is 56.3 Å². The van der Waals surface area contributed by atoms with Gasteiger partial charge < -0.3 is 4.90 Å². The van der Waals surface area contributed by atoms with Gasteiger partial charge in [0, 0.05) is 26.2 Å². The number of benzene rings is 3. The molecule has 1 amide bonds. The first-order chi connectivity index (χ1) is 15.7. The fraction of sp³-hybridized carbons (Fsp3) is 0.200. The third-order valence-electron chi connectivity index (χ3n) is 5.03. The highest BCUT2D eigenvalue weighted by molar-refractivity contribution is 7.89. The number of hydrazone groups is 1. The molecule has 1 atom stereocenters. The molecular weight excluding hydrogens is 436 g/mol. The average Bonchev–Trinajstić information content (AvgIpc) is 2.80. The molecule has 172 valence electrons. The summed E-state index contributed by atoms with van der Waals surface area (Å²) in [5.74, 6) is -0.406. The van der Waals surface area contributed by atoms with Crippen LogP contribution in [0.25, 0.3) is 0 Å². The number of hydrogen-bond donors (Lipinski definition) is 2.